The first kappa shape index (κ1) is 17.0. The molecule has 2 N–H and O–H groups in total. The molecule has 2 aliphatic heterocycles. The SMILES string of the molecule is Cc1ccc(C(=O)N2CCC(C3CCCN3)CC2)c(=O)[nH]1.Cl. The first-order chi connectivity index (χ1) is 10.1. The van der Waals surface area contributed by atoms with E-state index < -0.39 is 0 Å². The topological polar surface area (TPSA) is 65.2 Å². The first-order valence-electron chi connectivity index (χ1n) is 7.88. The maximum Gasteiger partial charge on any atom is 0.260 e. The van der Waals surface area contributed by atoms with Gasteiger partial charge in [-0.05, 0) is 57.2 Å². The van der Waals surface area contributed by atoms with E-state index in [0.29, 0.717) is 12.0 Å². The molecule has 2 fully saturated rings. The molecule has 3 heterocycles. The molecule has 0 aromatic carbocycles. The lowest BCUT2D eigenvalue weighted by Crippen LogP contribution is -2.44. The van der Waals surface area contributed by atoms with E-state index >= 15 is 0 Å². The molecule has 1 aromatic rings. The molecule has 22 heavy (non-hydrogen) atoms. The third-order valence-electron chi connectivity index (χ3n) is 4.78. The molecule has 0 aliphatic carbocycles. The van der Waals surface area contributed by atoms with E-state index in [1.807, 2.05) is 11.8 Å². The highest BCUT2D eigenvalue weighted by atomic mass is 35.5. The number of rotatable bonds is 2. The first-order valence-corrected chi connectivity index (χ1v) is 7.88. The number of carbonyl (C=O) groups excluding carboxylic acids is 1. The fourth-order valence-corrected chi connectivity index (χ4v) is 3.53. The Labute approximate surface area is 136 Å². The van der Waals surface area contributed by atoms with E-state index in [-0.39, 0.29) is 29.4 Å². The maximum absolute atomic E-state index is 12.5. The molecule has 1 atom stereocenters. The van der Waals surface area contributed by atoms with E-state index in [2.05, 4.69) is 10.3 Å². The number of amides is 1. The molecule has 1 amide bonds. The predicted octanol–water partition coefficient (Wildman–Crippen LogP) is 1.71. The van der Waals surface area contributed by atoms with Crippen LogP contribution in [0.1, 0.15) is 41.7 Å². The number of aromatic nitrogens is 1. The summed E-state index contributed by atoms with van der Waals surface area (Å²) in [5, 5.41) is 3.56. The quantitative estimate of drug-likeness (QED) is 0.870. The highest BCUT2D eigenvalue weighted by Gasteiger charge is 2.30. The van der Waals surface area contributed by atoms with Crippen LogP contribution >= 0.6 is 12.4 Å². The second-order valence-corrected chi connectivity index (χ2v) is 6.22. The van der Waals surface area contributed by atoms with Crippen molar-refractivity contribution in [3.8, 4) is 0 Å². The number of hydrogen-bond donors (Lipinski definition) is 2. The Morgan fingerprint density at radius 3 is 2.55 bits per heavy atom. The van der Waals surface area contributed by atoms with E-state index in [9.17, 15) is 9.59 Å². The summed E-state index contributed by atoms with van der Waals surface area (Å²) in [5.41, 5.74) is 0.764. The van der Waals surface area contributed by atoms with Crippen LogP contribution in [0.5, 0.6) is 0 Å². The van der Waals surface area contributed by atoms with Gasteiger partial charge in [0.25, 0.3) is 11.5 Å². The molecule has 5 nitrogen and oxygen atoms in total. The molecule has 2 aliphatic rings. The lowest BCUT2D eigenvalue weighted by Gasteiger charge is -2.34. The average molecular weight is 326 g/mol. The summed E-state index contributed by atoms with van der Waals surface area (Å²) >= 11 is 0. The molecule has 0 saturated carbocycles. The number of pyridine rings is 1. The number of halogens is 1. The lowest BCUT2D eigenvalue weighted by atomic mass is 9.88. The zero-order valence-electron chi connectivity index (χ0n) is 12.9. The third kappa shape index (κ3) is 3.52. The van der Waals surface area contributed by atoms with E-state index in [0.717, 1.165) is 38.2 Å². The van der Waals surface area contributed by atoms with Crippen molar-refractivity contribution in [2.45, 2.75) is 38.6 Å². The molecule has 0 spiro atoms. The van der Waals surface area contributed by atoms with Crippen molar-refractivity contribution < 1.29 is 4.79 Å². The van der Waals surface area contributed by atoms with Gasteiger partial charge in [0.2, 0.25) is 0 Å². The van der Waals surface area contributed by atoms with Gasteiger partial charge in [0.1, 0.15) is 5.56 Å². The molecule has 3 rings (SSSR count). The number of nitrogens with zero attached hydrogens (tertiary/aromatic N) is 1. The van der Waals surface area contributed by atoms with Gasteiger partial charge in [0.15, 0.2) is 0 Å². The summed E-state index contributed by atoms with van der Waals surface area (Å²) in [5.74, 6) is 0.543. The van der Waals surface area contributed by atoms with Crippen LogP contribution in [0.2, 0.25) is 0 Å². The minimum absolute atomic E-state index is 0. The lowest BCUT2D eigenvalue weighted by molar-refractivity contribution is 0.0672. The summed E-state index contributed by atoms with van der Waals surface area (Å²) in [6, 6.07) is 4.05. The number of carbonyl (C=O) groups is 1. The van der Waals surface area contributed by atoms with Crippen LogP contribution in [-0.4, -0.2) is 41.5 Å². The fraction of sp³-hybridized carbons (Fsp3) is 0.625. The van der Waals surface area contributed by atoms with Crippen LogP contribution in [0.15, 0.2) is 16.9 Å². The normalized spacial score (nSPS) is 22.4. The van der Waals surface area contributed by atoms with E-state index in [4.69, 9.17) is 0 Å². The summed E-state index contributed by atoms with van der Waals surface area (Å²) in [6.45, 7) is 4.46. The number of hydrogen-bond acceptors (Lipinski definition) is 3. The number of aryl methyl sites for hydroxylation is 1. The average Bonchev–Trinajstić information content (AvgIpc) is 3.01. The van der Waals surface area contributed by atoms with Gasteiger partial charge in [0, 0.05) is 24.8 Å². The summed E-state index contributed by atoms with van der Waals surface area (Å²) in [7, 11) is 0. The van der Waals surface area contributed by atoms with Crippen molar-refractivity contribution in [1.29, 1.82) is 0 Å². The second kappa shape index (κ2) is 7.29. The van der Waals surface area contributed by atoms with Gasteiger partial charge in [-0.25, -0.2) is 0 Å². The van der Waals surface area contributed by atoms with Gasteiger partial charge < -0.3 is 15.2 Å². The molecule has 0 bridgehead atoms. The van der Waals surface area contributed by atoms with Crippen LogP contribution in [0, 0.1) is 12.8 Å². The Kier molecular flexibility index (Phi) is 5.64. The van der Waals surface area contributed by atoms with Gasteiger partial charge in [-0.2, -0.15) is 0 Å². The number of H-pyrrole nitrogens is 1. The van der Waals surface area contributed by atoms with Crippen LogP contribution < -0.4 is 10.9 Å². The Balaban J connectivity index is 0.00000176. The van der Waals surface area contributed by atoms with Crippen LogP contribution in [-0.2, 0) is 0 Å². The Morgan fingerprint density at radius 2 is 1.95 bits per heavy atom. The third-order valence-corrected chi connectivity index (χ3v) is 4.78. The maximum atomic E-state index is 12.5. The van der Waals surface area contributed by atoms with Gasteiger partial charge in [0.05, 0.1) is 0 Å². The van der Waals surface area contributed by atoms with Gasteiger partial charge in [-0.1, -0.05) is 0 Å². The van der Waals surface area contributed by atoms with Crippen LogP contribution in [0.25, 0.3) is 0 Å². The standard InChI is InChI=1S/C16H23N3O2.ClH/c1-11-4-5-13(15(20)18-11)16(21)19-9-6-12(7-10-19)14-3-2-8-17-14;/h4-5,12,14,17H,2-3,6-10H2,1H3,(H,18,20);1H. The Bertz CT molecular complexity index is 573. The molecule has 6 heteroatoms. The predicted molar refractivity (Wildman–Crippen MR) is 88.7 cm³/mol. The molecule has 1 aromatic heterocycles. The van der Waals surface area contributed by atoms with Crippen molar-refractivity contribution in [3.05, 3.63) is 33.7 Å². The molecule has 2 saturated heterocycles. The molecule has 0 radical (unpaired) electrons. The van der Waals surface area contributed by atoms with Gasteiger partial charge in [-0.15, -0.1) is 12.4 Å². The summed E-state index contributed by atoms with van der Waals surface area (Å²) in [6.07, 6.45) is 4.60. The van der Waals surface area contributed by atoms with Gasteiger partial charge >= 0.3 is 0 Å². The summed E-state index contributed by atoms with van der Waals surface area (Å²) in [4.78, 5) is 28.9. The fourth-order valence-electron chi connectivity index (χ4n) is 3.53. The number of piperidine rings is 1. The smallest absolute Gasteiger partial charge is 0.260 e. The minimum atomic E-state index is -0.278. The van der Waals surface area contributed by atoms with Crippen molar-refractivity contribution >= 4 is 18.3 Å². The second-order valence-electron chi connectivity index (χ2n) is 6.22. The van der Waals surface area contributed by atoms with Crippen molar-refractivity contribution in [2.75, 3.05) is 19.6 Å². The molecule has 122 valence electrons. The Hall–Kier alpha value is -1.33. The number of aromatic amines is 1. The summed E-state index contributed by atoms with van der Waals surface area (Å²) < 4.78 is 0. The Morgan fingerprint density at radius 1 is 1.23 bits per heavy atom. The van der Waals surface area contributed by atoms with Gasteiger partial charge in [-0.3, -0.25) is 9.59 Å². The van der Waals surface area contributed by atoms with E-state index in [1.165, 1.54) is 12.8 Å². The highest BCUT2D eigenvalue weighted by Crippen LogP contribution is 2.26. The van der Waals surface area contributed by atoms with E-state index in [1.54, 1.807) is 12.1 Å². The molecule has 1 unspecified atom stereocenters. The van der Waals surface area contributed by atoms with Crippen molar-refractivity contribution in [2.24, 2.45) is 5.92 Å². The molecular weight excluding hydrogens is 302 g/mol. The highest BCUT2D eigenvalue weighted by molar-refractivity contribution is 5.93. The zero-order chi connectivity index (χ0) is 14.8. The molecular formula is C16H24ClN3O2. The van der Waals surface area contributed by atoms with Crippen LogP contribution in [0.3, 0.4) is 0 Å². The minimum Gasteiger partial charge on any atom is -0.338 e. The zero-order valence-corrected chi connectivity index (χ0v) is 13.7. The van der Waals surface area contributed by atoms with Crippen LogP contribution in [0.4, 0.5) is 0 Å². The van der Waals surface area contributed by atoms with Crippen molar-refractivity contribution in [1.82, 2.24) is 15.2 Å². The number of nitrogens with one attached hydrogen (secondary N) is 2. The van der Waals surface area contributed by atoms with Crippen molar-refractivity contribution in [3.63, 3.8) is 0 Å². The monoisotopic (exact) mass is 325 g/mol. The largest absolute Gasteiger partial charge is 0.338 e. The number of likely N-dealkylation sites (tertiary alicyclic amines) is 1.